The summed E-state index contributed by atoms with van der Waals surface area (Å²) in [6, 6.07) is 24.8. The molecule has 3 nitrogen and oxygen atoms in total. The van der Waals surface area contributed by atoms with E-state index >= 15 is 0 Å². The van der Waals surface area contributed by atoms with Crippen LogP contribution in [0.4, 0.5) is 0 Å². The molecule has 0 N–H and O–H groups in total. The average Bonchev–Trinajstić information content (AvgIpc) is 2.64. The van der Waals surface area contributed by atoms with Crippen LogP contribution in [-0.4, -0.2) is 0 Å². The van der Waals surface area contributed by atoms with Crippen LogP contribution in [0.1, 0.15) is 11.1 Å². The summed E-state index contributed by atoms with van der Waals surface area (Å²) in [6.07, 6.45) is 0.280. The van der Waals surface area contributed by atoms with Crippen LogP contribution in [0.15, 0.2) is 72.8 Å². The van der Waals surface area contributed by atoms with Crippen molar-refractivity contribution in [2.45, 2.75) is 13.0 Å². The summed E-state index contributed by atoms with van der Waals surface area (Å²) in [5.74, 6) is 2.01. The van der Waals surface area contributed by atoms with Gasteiger partial charge in [-0.2, -0.15) is 5.26 Å². The Labute approximate surface area is 152 Å². The van der Waals surface area contributed by atoms with E-state index in [0.717, 1.165) is 16.9 Å². The molecule has 0 heterocycles. The highest BCUT2D eigenvalue weighted by molar-refractivity contribution is 6.31. The topological polar surface area (TPSA) is 42.2 Å². The van der Waals surface area contributed by atoms with Crippen molar-refractivity contribution in [3.8, 4) is 23.3 Å². The molecule has 3 aromatic rings. The van der Waals surface area contributed by atoms with Crippen molar-refractivity contribution in [2.75, 3.05) is 0 Å². The number of halogens is 1. The average molecular weight is 350 g/mol. The molecule has 0 aliphatic rings. The molecule has 0 aliphatic heterocycles. The van der Waals surface area contributed by atoms with Crippen molar-refractivity contribution in [3.63, 3.8) is 0 Å². The molecule has 124 valence electrons. The second-order valence-electron chi connectivity index (χ2n) is 5.44. The van der Waals surface area contributed by atoms with Crippen molar-refractivity contribution in [1.82, 2.24) is 0 Å². The van der Waals surface area contributed by atoms with E-state index in [9.17, 15) is 0 Å². The van der Waals surface area contributed by atoms with E-state index in [1.54, 1.807) is 18.2 Å². The Morgan fingerprint density at radius 2 is 1.60 bits per heavy atom. The summed E-state index contributed by atoms with van der Waals surface area (Å²) in [7, 11) is 0. The molecule has 0 radical (unpaired) electrons. The fourth-order valence-corrected chi connectivity index (χ4v) is 2.56. The van der Waals surface area contributed by atoms with Gasteiger partial charge >= 0.3 is 0 Å². The molecule has 0 fully saturated rings. The van der Waals surface area contributed by atoms with Gasteiger partial charge in [-0.3, -0.25) is 0 Å². The standard InChI is InChI=1S/C21H16ClNO2/c22-21-14-20(10-9-17(21)11-12-23)25-19-8-4-7-18(13-19)24-15-16-5-2-1-3-6-16/h1-10,13-14H,11,15H2. The fourth-order valence-electron chi connectivity index (χ4n) is 2.32. The Morgan fingerprint density at radius 3 is 2.36 bits per heavy atom. The molecule has 25 heavy (non-hydrogen) atoms. The number of ether oxygens (including phenoxy) is 2. The first-order valence-electron chi connectivity index (χ1n) is 7.84. The molecule has 4 heteroatoms. The smallest absolute Gasteiger partial charge is 0.131 e. The molecular formula is C21H16ClNO2. The highest BCUT2D eigenvalue weighted by Gasteiger charge is 2.05. The number of benzene rings is 3. The monoisotopic (exact) mass is 349 g/mol. The van der Waals surface area contributed by atoms with Crippen LogP contribution in [0.2, 0.25) is 5.02 Å². The zero-order chi connectivity index (χ0) is 17.5. The molecule has 0 unspecified atom stereocenters. The molecule has 3 rings (SSSR count). The minimum Gasteiger partial charge on any atom is -0.489 e. The first-order chi connectivity index (χ1) is 12.2. The summed E-state index contributed by atoms with van der Waals surface area (Å²) in [4.78, 5) is 0. The highest BCUT2D eigenvalue weighted by Crippen LogP contribution is 2.29. The van der Waals surface area contributed by atoms with Crippen LogP contribution >= 0.6 is 11.6 Å². The third-order valence-electron chi connectivity index (χ3n) is 3.58. The number of hydrogen-bond donors (Lipinski definition) is 0. The largest absolute Gasteiger partial charge is 0.489 e. The zero-order valence-electron chi connectivity index (χ0n) is 13.5. The van der Waals surface area contributed by atoms with Gasteiger partial charge in [0.05, 0.1) is 12.5 Å². The summed E-state index contributed by atoms with van der Waals surface area (Å²) in [5.41, 5.74) is 1.89. The predicted molar refractivity (Wildman–Crippen MR) is 98.1 cm³/mol. The molecule has 0 aromatic heterocycles. The second kappa shape index (κ2) is 8.23. The van der Waals surface area contributed by atoms with E-state index in [-0.39, 0.29) is 6.42 Å². The minimum atomic E-state index is 0.280. The van der Waals surface area contributed by atoms with Crippen LogP contribution in [0.3, 0.4) is 0 Å². The molecule has 0 bridgehead atoms. The van der Waals surface area contributed by atoms with Crippen LogP contribution in [0.25, 0.3) is 0 Å². The van der Waals surface area contributed by atoms with Crippen molar-refractivity contribution < 1.29 is 9.47 Å². The lowest BCUT2D eigenvalue weighted by Crippen LogP contribution is -1.95. The van der Waals surface area contributed by atoms with E-state index < -0.39 is 0 Å². The Balaban J connectivity index is 1.67. The van der Waals surface area contributed by atoms with Gasteiger partial charge in [0.1, 0.15) is 23.9 Å². The summed E-state index contributed by atoms with van der Waals surface area (Å²) in [6.45, 7) is 0.499. The molecule has 0 atom stereocenters. The zero-order valence-corrected chi connectivity index (χ0v) is 14.2. The maximum Gasteiger partial charge on any atom is 0.131 e. The quantitative estimate of drug-likeness (QED) is 0.566. The van der Waals surface area contributed by atoms with E-state index in [0.29, 0.717) is 23.1 Å². The Bertz CT molecular complexity index is 888. The van der Waals surface area contributed by atoms with Gasteiger partial charge in [-0.15, -0.1) is 0 Å². The summed E-state index contributed by atoms with van der Waals surface area (Å²) >= 11 is 6.17. The van der Waals surface area contributed by atoms with E-state index in [4.69, 9.17) is 26.3 Å². The molecule has 0 saturated heterocycles. The summed E-state index contributed by atoms with van der Waals surface area (Å²) < 4.78 is 11.6. The maximum atomic E-state index is 8.76. The van der Waals surface area contributed by atoms with Gasteiger partial charge in [-0.05, 0) is 35.4 Å². The Hall–Kier alpha value is -2.96. The second-order valence-corrected chi connectivity index (χ2v) is 5.85. The molecular weight excluding hydrogens is 334 g/mol. The van der Waals surface area contributed by atoms with Gasteiger partial charge in [0.25, 0.3) is 0 Å². The molecule has 0 amide bonds. The lowest BCUT2D eigenvalue weighted by molar-refractivity contribution is 0.304. The van der Waals surface area contributed by atoms with Gasteiger partial charge in [0.2, 0.25) is 0 Å². The first-order valence-corrected chi connectivity index (χ1v) is 8.22. The Kier molecular flexibility index (Phi) is 5.56. The SMILES string of the molecule is N#CCc1ccc(Oc2cccc(OCc3ccccc3)c2)cc1Cl. The van der Waals surface area contributed by atoms with Crippen molar-refractivity contribution in [3.05, 3.63) is 88.9 Å². The Morgan fingerprint density at radius 1 is 0.840 bits per heavy atom. The van der Waals surface area contributed by atoms with Gasteiger partial charge in [0, 0.05) is 11.1 Å². The van der Waals surface area contributed by atoms with Crippen molar-refractivity contribution in [1.29, 1.82) is 5.26 Å². The van der Waals surface area contributed by atoms with Crippen LogP contribution in [0.5, 0.6) is 17.2 Å². The normalized spacial score (nSPS) is 10.1. The van der Waals surface area contributed by atoms with Crippen molar-refractivity contribution >= 4 is 11.6 Å². The number of hydrogen-bond acceptors (Lipinski definition) is 3. The van der Waals surface area contributed by atoms with Crippen LogP contribution in [0, 0.1) is 11.3 Å². The molecule has 0 saturated carbocycles. The van der Waals surface area contributed by atoms with E-state index in [1.165, 1.54) is 0 Å². The molecule has 3 aromatic carbocycles. The number of rotatable bonds is 6. The maximum absolute atomic E-state index is 8.76. The van der Waals surface area contributed by atoms with E-state index in [2.05, 4.69) is 6.07 Å². The third kappa shape index (κ3) is 4.76. The predicted octanol–water partition coefficient (Wildman–Crippen LogP) is 5.78. The van der Waals surface area contributed by atoms with Gasteiger partial charge in [-0.25, -0.2) is 0 Å². The van der Waals surface area contributed by atoms with Crippen molar-refractivity contribution in [2.24, 2.45) is 0 Å². The van der Waals surface area contributed by atoms with Crippen LogP contribution in [-0.2, 0) is 13.0 Å². The van der Waals surface area contributed by atoms with Crippen LogP contribution < -0.4 is 9.47 Å². The molecule has 0 aliphatic carbocycles. The molecule has 0 spiro atoms. The lowest BCUT2D eigenvalue weighted by atomic mass is 10.1. The van der Waals surface area contributed by atoms with Gasteiger partial charge < -0.3 is 9.47 Å². The lowest BCUT2D eigenvalue weighted by Gasteiger charge is -2.10. The van der Waals surface area contributed by atoms with E-state index in [1.807, 2.05) is 54.6 Å². The number of nitrogens with zero attached hydrogens (tertiary/aromatic N) is 1. The summed E-state index contributed by atoms with van der Waals surface area (Å²) in [5, 5.41) is 9.28. The minimum absolute atomic E-state index is 0.280. The van der Waals surface area contributed by atoms with Gasteiger partial charge in [0.15, 0.2) is 0 Å². The highest BCUT2D eigenvalue weighted by atomic mass is 35.5. The first kappa shape index (κ1) is 16.9. The number of nitriles is 1. The fraction of sp³-hybridized carbons (Fsp3) is 0.0952. The third-order valence-corrected chi connectivity index (χ3v) is 3.94. The van der Waals surface area contributed by atoms with Gasteiger partial charge in [-0.1, -0.05) is 54.1 Å².